The summed E-state index contributed by atoms with van der Waals surface area (Å²) in [4.78, 5) is 53.3. The minimum atomic E-state index is -1.11. The van der Waals surface area contributed by atoms with E-state index in [9.17, 15) is 19.2 Å². The molecule has 0 saturated carbocycles. The molecule has 0 saturated heterocycles. The lowest BCUT2D eigenvalue weighted by Crippen LogP contribution is -2.55. The first-order valence-corrected chi connectivity index (χ1v) is 13.1. The maximum atomic E-state index is 14.0. The minimum absolute atomic E-state index is 0.0196. The number of nitrogens with two attached hydrogens (primary N) is 1. The van der Waals surface area contributed by atoms with Crippen molar-refractivity contribution in [3.8, 4) is 0 Å². The zero-order chi connectivity index (χ0) is 28.3. The lowest BCUT2D eigenvalue weighted by atomic mass is 9.94. The molecule has 2 atom stereocenters. The zero-order valence-corrected chi connectivity index (χ0v) is 23.8. The Hall–Kier alpha value is -3.10. The quantitative estimate of drug-likeness (QED) is 0.339. The molecule has 1 aromatic carbocycles. The van der Waals surface area contributed by atoms with E-state index < -0.39 is 41.6 Å². The van der Waals surface area contributed by atoms with Gasteiger partial charge in [0.15, 0.2) is 0 Å². The maximum absolute atomic E-state index is 14.0. The van der Waals surface area contributed by atoms with Crippen molar-refractivity contribution in [1.29, 1.82) is 0 Å². The summed E-state index contributed by atoms with van der Waals surface area (Å²) < 4.78 is 5.35. The van der Waals surface area contributed by atoms with Gasteiger partial charge in [-0.1, -0.05) is 43.5 Å². The molecule has 1 rings (SSSR count). The van der Waals surface area contributed by atoms with Gasteiger partial charge in [-0.05, 0) is 72.4 Å². The van der Waals surface area contributed by atoms with Crippen LogP contribution in [0.1, 0.15) is 96.4 Å². The number of hydrogen-bond acceptors (Lipinski definition) is 5. The predicted octanol–water partition coefficient (Wildman–Crippen LogP) is 4.05. The van der Waals surface area contributed by atoms with Gasteiger partial charge in [-0.3, -0.25) is 14.4 Å². The van der Waals surface area contributed by atoms with Crippen LogP contribution in [0.3, 0.4) is 0 Å². The van der Waals surface area contributed by atoms with Crippen molar-refractivity contribution < 1.29 is 23.9 Å². The third-order valence-electron chi connectivity index (χ3n) is 5.81. The standard InChI is InChI=1S/C28H46N4O5/c1-9-10-11-16-30-25(34)24(21-17-19(4)12-13-20(21)5)32(18(2)3)26(35)22(14-15-23(29)33)31-27(36)37-28(6,7)8/h12-13,17-18,22,24H,9-11,14-16H2,1-8H3,(H2,29,33)(H,30,34)(H,31,36). The van der Waals surface area contributed by atoms with Crippen molar-refractivity contribution in [1.82, 2.24) is 15.5 Å². The van der Waals surface area contributed by atoms with Crippen LogP contribution in [-0.4, -0.2) is 52.9 Å². The van der Waals surface area contributed by atoms with E-state index in [1.807, 2.05) is 45.9 Å². The molecule has 1 aromatic rings. The molecule has 9 nitrogen and oxygen atoms in total. The second-order valence-corrected chi connectivity index (χ2v) is 10.8. The van der Waals surface area contributed by atoms with Gasteiger partial charge < -0.3 is 26.0 Å². The van der Waals surface area contributed by atoms with Gasteiger partial charge in [0.1, 0.15) is 17.7 Å². The highest BCUT2D eigenvalue weighted by Gasteiger charge is 2.38. The highest BCUT2D eigenvalue weighted by Crippen LogP contribution is 2.29. The SMILES string of the molecule is CCCCCNC(=O)C(c1cc(C)ccc1C)N(C(=O)C(CCC(N)=O)NC(=O)OC(C)(C)C)C(C)C. The summed E-state index contributed by atoms with van der Waals surface area (Å²) in [6.45, 7) is 15.2. The third kappa shape index (κ3) is 10.8. The molecule has 0 aliphatic rings. The molecule has 4 N–H and O–H groups in total. The molecule has 0 radical (unpaired) electrons. The van der Waals surface area contributed by atoms with Crippen LogP contribution < -0.4 is 16.4 Å². The number of primary amides is 1. The fourth-order valence-electron chi connectivity index (χ4n) is 4.01. The Labute approximate surface area is 221 Å². The van der Waals surface area contributed by atoms with Gasteiger partial charge in [0.25, 0.3) is 0 Å². The number of nitrogens with zero attached hydrogens (tertiary/aromatic N) is 1. The largest absolute Gasteiger partial charge is 0.444 e. The molecule has 0 spiro atoms. The molecule has 4 amide bonds. The van der Waals surface area contributed by atoms with Gasteiger partial charge in [0, 0.05) is 19.0 Å². The smallest absolute Gasteiger partial charge is 0.408 e. The van der Waals surface area contributed by atoms with Crippen molar-refractivity contribution in [3.63, 3.8) is 0 Å². The summed E-state index contributed by atoms with van der Waals surface area (Å²) in [5, 5.41) is 5.60. The summed E-state index contributed by atoms with van der Waals surface area (Å²) in [6.07, 6.45) is 1.91. The van der Waals surface area contributed by atoms with Gasteiger partial charge >= 0.3 is 6.09 Å². The highest BCUT2D eigenvalue weighted by atomic mass is 16.6. The number of alkyl carbamates (subject to hydrolysis) is 1. The minimum Gasteiger partial charge on any atom is -0.444 e. The number of benzene rings is 1. The number of nitrogens with one attached hydrogen (secondary N) is 2. The van der Waals surface area contributed by atoms with E-state index in [-0.39, 0.29) is 18.7 Å². The Kier molecular flexibility index (Phi) is 12.6. The molecule has 0 fully saturated rings. The van der Waals surface area contributed by atoms with Gasteiger partial charge in [0.05, 0.1) is 0 Å². The van der Waals surface area contributed by atoms with E-state index in [1.165, 1.54) is 4.90 Å². The maximum Gasteiger partial charge on any atom is 0.408 e. The van der Waals surface area contributed by atoms with Crippen molar-refractivity contribution in [2.45, 2.75) is 111 Å². The summed E-state index contributed by atoms with van der Waals surface area (Å²) in [7, 11) is 0. The summed E-state index contributed by atoms with van der Waals surface area (Å²) in [5.74, 6) is -1.38. The van der Waals surface area contributed by atoms with Gasteiger partial charge in [-0.25, -0.2) is 4.79 Å². The van der Waals surface area contributed by atoms with E-state index in [4.69, 9.17) is 10.5 Å². The Morgan fingerprint density at radius 2 is 1.73 bits per heavy atom. The van der Waals surface area contributed by atoms with Crippen molar-refractivity contribution in [3.05, 3.63) is 34.9 Å². The van der Waals surface area contributed by atoms with E-state index in [1.54, 1.807) is 20.8 Å². The number of ether oxygens (including phenoxy) is 1. The Morgan fingerprint density at radius 3 is 2.27 bits per heavy atom. The molecule has 208 valence electrons. The molecular weight excluding hydrogens is 472 g/mol. The lowest BCUT2D eigenvalue weighted by Gasteiger charge is -2.38. The van der Waals surface area contributed by atoms with Crippen LogP contribution in [0.15, 0.2) is 18.2 Å². The molecule has 37 heavy (non-hydrogen) atoms. The first-order chi connectivity index (χ1) is 17.2. The molecule has 0 aliphatic heterocycles. The third-order valence-corrected chi connectivity index (χ3v) is 5.81. The number of hydrogen-bond donors (Lipinski definition) is 3. The fraction of sp³-hybridized carbons (Fsp3) is 0.643. The van der Waals surface area contributed by atoms with E-state index in [0.717, 1.165) is 30.4 Å². The number of aryl methyl sites for hydroxylation is 2. The highest BCUT2D eigenvalue weighted by molar-refractivity contribution is 5.93. The molecule has 0 bridgehead atoms. The average Bonchev–Trinajstić information content (AvgIpc) is 2.77. The Bertz CT molecular complexity index is 939. The lowest BCUT2D eigenvalue weighted by molar-refractivity contribution is -0.144. The molecule has 0 aliphatic carbocycles. The molecule has 0 heterocycles. The molecule has 9 heteroatoms. The second kappa shape index (κ2) is 14.6. The monoisotopic (exact) mass is 518 g/mol. The fourth-order valence-corrected chi connectivity index (χ4v) is 4.01. The Morgan fingerprint density at radius 1 is 1.08 bits per heavy atom. The van der Waals surface area contributed by atoms with Gasteiger partial charge in [-0.15, -0.1) is 0 Å². The number of amides is 4. The summed E-state index contributed by atoms with van der Waals surface area (Å²) in [5.41, 5.74) is 7.11. The number of carbonyl (C=O) groups excluding carboxylic acids is 4. The van der Waals surface area contributed by atoms with Crippen LogP contribution in [0.25, 0.3) is 0 Å². The van der Waals surface area contributed by atoms with E-state index >= 15 is 0 Å². The normalized spacial score (nSPS) is 13.0. The van der Waals surface area contributed by atoms with Crippen LogP contribution in [0.2, 0.25) is 0 Å². The van der Waals surface area contributed by atoms with Crippen LogP contribution in [0.5, 0.6) is 0 Å². The van der Waals surface area contributed by atoms with Crippen molar-refractivity contribution >= 4 is 23.8 Å². The topological polar surface area (TPSA) is 131 Å². The first-order valence-electron chi connectivity index (χ1n) is 13.1. The van der Waals surface area contributed by atoms with Gasteiger partial charge in [-0.2, -0.15) is 0 Å². The summed E-state index contributed by atoms with van der Waals surface area (Å²) >= 11 is 0. The zero-order valence-electron chi connectivity index (χ0n) is 23.8. The predicted molar refractivity (Wildman–Crippen MR) is 145 cm³/mol. The number of unbranched alkanes of at least 4 members (excludes halogenated alkanes) is 2. The van der Waals surface area contributed by atoms with E-state index in [2.05, 4.69) is 17.6 Å². The van der Waals surface area contributed by atoms with Crippen LogP contribution in [-0.2, 0) is 19.1 Å². The molecule has 0 aromatic heterocycles. The first kappa shape index (κ1) is 31.9. The number of carbonyl (C=O) groups is 4. The average molecular weight is 519 g/mol. The Balaban J connectivity index is 3.48. The molecular formula is C28H46N4O5. The van der Waals surface area contributed by atoms with Crippen molar-refractivity contribution in [2.24, 2.45) is 5.73 Å². The molecule has 2 unspecified atom stereocenters. The van der Waals surface area contributed by atoms with E-state index in [0.29, 0.717) is 12.1 Å². The second-order valence-electron chi connectivity index (χ2n) is 10.8. The van der Waals surface area contributed by atoms with Crippen molar-refractivity contribution in [2.75, 3.05) is 6.54 Å². The van der Waals surface area contributed by atoms with Gasteiger partial charge in [0.2, 0.25) is 17.7 Å². The van der Waals surface area contributed by atoms with Crippen LogP contribution in [0, 0.1) is 13.8 Å². The number of rotatable bonds is 13. The van der Waals surface area contributed by atoms with Crippen LogP contribution in [0.4, 0.5) is 4.79 Å². The summed E-state index contributed by atoms with van der Waals surface area (Å²) in [6, 6.07) is 3.37. The van der Waals surface area contributed by atoms with Crippen LogP contribution >= 0.6 is 0 Å².